The fourth-order valence-electron chi connectivity index (χ4n) is 5.21. The summed E-state index contributed by atoms with van der Waals surface area (Å²) in [6.45, 7) is 3.18. The Bertz CT molecular complexity index is 944. The number of hydrogen-bond acceptors (Lipinski definition) is 7. The normalized spacial score (nSPS) is 21.9. The van der Waals surface area contributed by atoms with Crippen LogP contribution in [0.3, 0.4) is 0 Å². The van der Waals surface area contributed by atoms with Gasteiger partial charge in [0.25, 0.3) is 0 Å². The predicted octanol–water partition coefficient (Wildman–Crippen LogP) is 3.66. The van der Waals surface area contributed by atoms with Gasteiger partial charge in [-0.05, 0) is 57.1 Å². The summed E-state index contributed by atoms with van der Waals surface area (Å²) in [6, 6.07) is 3.85. The number of carboxylic acids is 1. The summed E-state index contributed by atoms with van der Waals surface area (Å²) >= 11 is 0. The Morgan fingerprint density at radius 2 is 1.86 bits per heavy atom. The van der Waals surface area contributed by atoms with Gasteiger partial charge in [0.15, 0.2) is 6.54 Å². The molecule has 0 spiro atoms. The van der Waals surface area contributed by atoms with Gasteiger partial charge in [-0.15, -0.1) is 0 Å². The Morgan fingerprint density at radius 3 is 2.49 bits per heavy atom. The number of imide groups is 1. The van der Waals surface area contributed by atoms with Crippen molar-refractivity contribution in [3.05, 3.63) is 29.3 Å². The number of likely N-dealkylation sites (tertiary alicyclic amines) is 1. The number of aliphatic carboxylic acids is 1. The second-order valence-corrected chi connectivity index (χ2v) is 9.75. The van der Waals surface area contributed by atoms with Gasteiger partial charge in [0.2, 0.25) is 5.91 Å². The Kier molecular flexibility index (Phi) is 9.20. The highest BCUT2D eigenvalue weighted by atomic mass is 16.4. The first-order chi connectivity index (χ1) is 16.7. The number of azo groups is 1. The van der Waals surface area contributed by atoms with E-state index < -0.39 is 24.5 Å². The molecule has 3 rings (SSSR count). The van der Waals surface area contributed by atoms with Crippen molar-refractivity contribution >= 4 is 17.9 Å². The van der Waals surface area contributed by atoms with Crippen molar-refractivity contribution in [3.63, 3.8) is 0 Å². The van der Waals surface area contributed by atoms with E-state index in [-0.39, 0.29) is 37.0 Å². The van der Waals surface area contributed by atoms with Crippen molar-refractivity contribution in [2.75, 3.05) is 6.54 Å². The zero-order valence-corrected chi connectivity index (χ0v) is 20.6. The number of amides is 3. The first-order valence-corrected chi connectivity index (χ1v) is 12.4. The number of phenols is 1. The van der Waals surface area contributed by atoms with Gasteiger partial charge in [0.1, 0.15) is 5.75 Å². The van der Waals surface area contributed by atoms with E-state index >= 15 is 0 Å². The number of hydrogen-bond donors (Lipinski definition) is 3. The lowest BCUT2D eigenvalue weighted by Crippen LogP contribution is -2.54. The quantitative estimate of drug-likeness (QED) is 0.477. The molecule has 1 aliphatic carbocycles. The van der Waals surface area contributed by atoms with E-state index in [9.17, 15) is 19.5 Å². The number of phenolic OH excluding ortho intramolecular Hbond substituents is 1. The Hall–Kier alpha value is -3.01. The zero-order chi connectivity index (χ0) is 25.5. The topological polar surface area (TPSA) is 149 Å². The van der Waals surface area contributed by atoms with Crippen LogP contribution < -0.4 is 5.73 Å². The van der Waals surface area contributed by atoms with Gasteiger partial charge >= 0.3 is 12.0 Å². The van der Waals surface area contributed by atoms with E-state index in [0.29, 0.717) is 17.0 Å². The van der Waals surface area contributed by atoms with E-state index in [2.05, 4.69) is 10.2 Å². The number of carboxylic acid groups (broad SMARTS) is 1. The Labute approximate surface area is 206 Å². The van der Waals surface area contributed by atoms with Gasteiger partial charge in [-0.3, -0.25) is 14.5 Å². The zero-order valence-electron chi connectivity index (χ0n) is 20.6. The number of nitrogens with zero attached hydrogens (tertiary/aromatic N) is 4. The van der Waals surface area contributed by atoms with E-state index in [1.807, 2.05) is 11.8 Å². The molecule has 0 aromatic heterocycles. The highest BCUT2D eigenvalue weighted by molar-refractivity contribution is 5.97. The molecule has 0 bridgehead atoms. The van der Waals surface area contributed by atoms with Crippen LogP contribution in [0, 0.1) is 5.92 Å². The van der Waals surface area contributed by atoms with Crippen molar-refractivity contribution in [3.8, 4) is 5.75 Å². The fourth-order valence-corrected chi connectivity index (χ4v) is 5.21. The summed E-state index contributed by atoms with van der Waals surface area (Å²) in [5.41, 5.74) is 6.95. The van der Waals surface area contributed by atoms with Crippen LogP contribution in [0.4, 0.5) is 4.79 Å². The molecular weight excluding hydrogens is 450 g/mol. The number of rotatable bonds is 8. The lowest BCUT2D eigenvalue weighted by Gasteiger charge is -2.38. The molecule has 1 aliphatic heterocycles. The molecule has 1 saturated carbocycles. The first-order valence-electron chi connectivity index (χ1n) is 12.4. The van der Waals surface area contributed by atoms with E-state index in [1.54, 1.807) is 19.1 Å². The van der Waals surface area contributed by atoms with Crippen LogP contribution in [-0.4, -0.2) is 62.6 Å². The molecule has 1 aromatic rings. The lowest BCUT2D eigenvalue weighted by molar-refractivity contribution is -0.135. The number of nitrogens with two attached hydrogens (primary N) is 1. The van der Waals surface area contributed by atoms with E-state index in [1.165, 1.54) is 30.2 Å². The number of urea groups is 1. The highest BCUT2D eigenvalue weighted by Crippen LogP contribution is 2.37. The largest absolute Gasteiger partial charge is 0.508 e. The van der Waals surface area contributed by atoms with Crippen LogP contribution in [0.25, 0.3) is 0 Å². The average Bonchev–Trinajstić information content (AvgIpc) is 3.22. The number of carbonyl (C=O) groups is 3. The molecular formula is C25H37N5O5. The maximum Gasteiger partial charge on any atom is 0.327 e. The first kappa shape index (κ1) is 26.6. The number of aromatic hydroxyl groups is 1. The molecule has 4 N–H and O–H groups in total. The van der Waals surface area contributed by atoms with E-state index in [4.69, 9.17) is 10.8 Å². The molecule has 10 heteroatoms. The van der Waals surface area contributed by atoms with Crippen LogP contribution >= 0.6 is 0 Å². The molecule has 1 saturated heterocycles. The lowest BCUT2D eigenvalue weighted by atomic mass is 9.83. The van der Waals surface area contributed by atoms with Gasteiger partial charge < -0.3 is 20.8 Å². The summed E-state index contributed by atoms with van der Waals surface area (Å²) in [5.74, 6) is -1.15. The molecule has 35 heavy (non-hydrogen) atoms. The molecule has 1 aromatic carbocycles. The molecule has 2 fully saturated rings. The standard InChI is InChI=1S/C25H37N5O5/c1-16-8-11-21(19-6-4-3-5-7-19)30(16)25(35)29(24(34)17(2)26)15-18-9-10-20(22(31)12-18)13-27-28-14-23(32)33/h9-10,12,16-17,19,21,31H,3-8,11,13-15,26H2,1-2H3,(H,32,33)/t16-,17+,21?/m1/s1. The van der Waals surface area contributed by atoms with Crippen molar-refractivity contribution in [1.82, 2.24) is 9.80 Å². The summed E-state index contributed by atoms with van der Waals surface area (Å²) in [7, 11) is 0. The van der Waals surface area contributed by atoms with Crippen LogP contribution in [0.15, 0.2) is 28.4 Å². The molecule has 3 atom stereocenters. The maximum atomic E-state index is 13.8. The van der Waals surface area contributed by atoms with E-state index in [0.717, 1.165) is 25.7 Å². The molecule has 192 valence electrons. The Morgan fingerprint density at radius 1 is 1.14 bits per heavy atom. The molecule has 2 aliphatic rings. The van der Waals surface area contributed by atoms with Gasteiger partial charge in [-0.1, -0.05) is 31.4 Å². The minimum atomic E-state index is -1.09. The summed E-state index contributed by atoms with van der Waals surface area (Å²) in [4.78, 5) is 40.5. The monoisotopic (exact) mass is 487 g/mol. The minimum absolute atomic E-state index is 0.00577. The molecule has 10 nitrogen and oxygen atoms in total. The second kappa shape index (κ2) is 12.1. The van der Waals surface area contributed by atoms with Crippen molar-refractivity contribution in [1.29, 1.82) is 0 Å². The maximum absolute atomic E-state index is 13.8. The molecule has 1 heterocycles. The predicted molar refractivity (Wildman–Crippen MR) is 130 cm³/mol. The molecule has 3 amide bonds. The molecule has 1 unspecified atom stereocenters. The number of benzene rings is 1. The SMILES string of the molecule is C[C@H](N)C(=O)N(Cc1ccc(CN=NCC(=O)O)c(O)c1)C(=O)N1C(C2CCCCC2)CC[C@H]1C. The molecule has 0 radical (unpaired) electrons. The Balaban J connectivity index is 1.78. The van der Waals surface area contributed by atoms with Crippen LogP contribution in [0.2, 0.25) is 0 Å². The third-order valence-electron chi connectivity index (χ3n) is 7.05. The van der Waals surface area contributed by atoms with Gasteiger partial charge in [-0.25, -0.2) is 4.79 Å². The van der Waals surface area contributed by atoms with Gasteiger partial charge in [0, 0.05) is 17.6 Å². The summed E-state index contributed by atoms with van der Waals surface area (Å²) < 4.78 is 0. The highest BCUT2D eigenvalue weighted by Gasteiger charge is 2.42. The van der Waals surface area contributed by atoms with Crippen LogP contribution in [-0.2, 0) is 22.7 Å². The third-order valence-corrected chi connectivity index (χ3v) is 7.05. The van der Waals surface area contributed by atoms with Crippen molar-refractivity contribution < 1.29 is 24.6 Å². The fraction of sp³-hybridized carbons (Fsp3) is 0.640. The summed E-state index contributed by atoms with van der Waals surface area (Å²) in [6.07, 6.45) is 7.69. The van der Waals surface area contributed by atoms with Crippen molar-refractivity contribution in [2.45, 2.75) is 90.0 Å². The smallest absolute Gasteiger partial charge is 0.327 e. The van der Waals surface area contributed by atoms with Crippen molar-refractivity contribution in [2.24, 2.45) is 21.9 Å². The van der Waals surface area contributed by atoms with Gasteiger partial charge in [0.05, 0.1) is 19.1 Å². The average molecular weight is 488 g/mol. The third kappa shape index (κ3) is 6.78. The van der Waals surface area contributed by atoms with Crippen LogP contribution in [0.1, 0.15) is 69.9 Å². The van der Waals surface area contributed by atoms with Crippen LogP contribution in [0.5, 0.6) is 5.75 Å². The summed E-state index contributed by atoms with van der Waals surface area (Å²) in [5, 5.41) is 26.4. The number of carbonyl (C=O) groups excluding carboxylic acids is 2. The van der Waals surface area contributed by atoms with Gasteiger partial charge in [-0.2, -0.15) is 10.2 Å². The minimum Gasteiger partial charge on any atom is -0.508 e. The second-order valence-electron chi connectivity index (χ2n) is 9.75.